The molecule has 1 aromatic heterocycles. The van der Waals surface area contributed by atoms with Gasteiger partial charge in [-0.25, -0.2) is 4.98 Å². The van der Waals surface area contributed by atoms with Crippen LogP contribution >= 0.6 is 11.6 Å². The molecule has 2 rings (SSSR count). The van der Waals surface area contributed by atoms with Crippen molar-refractivity contribution < 1.29 is 4.79 Å². The summed E-state index contributed by atoms with van der Waals surface area (Å²) in [6.45, 7) is 7.54. The van der Waals surface area contributed by atoms with E-state index in [2.05, 4.69) is 9.97 Å². The third kappa shape index (κ3) is 3.66. The van der Waals surface area contributed by atoms with Gasteiger partial charge in [0.1, 0.15) is 5.15 Å². The molecule has 0 radical (unpaired) electrons. The molecule has 2 heterocycles. The summed E-state index contributed by atoms with van der Waals surface area (Å²) in [5, 5.41) is 0.429. The highest BCUT2D eigenvalue weighted by Gasteiger charge is 2.32. The monoisotopic (exact) mass is 281 g/mol. The second-order valence-electron chi connectivity index (χ2n) is 6.19. The molecule has 104 valence electrons. The second-order valence-corrected chi connectivity index (χ2v) is 6.58. The molecule has 1 atom stereocenters. The van der Waals surface area contributed by atoms with Crippen molar-refractivity contribution in [2.75, 3.05) is 13.1 Å². The fourth-order valence-electron chi connectivity index (χ4n) is 2.43. The smallest absolute Gasteiger partial charge is 0.227 e. The first-order valence-corrected chi connectivity index (χ1v) is 7.00. The molecular weight excluding hydrogens is 262 g/mol. The first kappa shape index (κ1) is 14.3. The number of carbonyl (C=O) groups excluding carboxylic acids is 1. The van der Waals surface area contributed by atoms with Crippen molar-refractivity contribution in [1.29, 1.82) is 0 Å². The van der Waals surface area contributed by atoms with Gasteiger partial charge in [-0.15, -0.1) is 0 Å². The maximum Gasteiger partial charge on any atom is 0.227 e. The molecule has 0 saturated carbocycles. The molecule has 0 unspecified atom stereocenters. The summed E-state index contributed by atoms with van der Waals surface area (Å²) >= 11 is 5.83. The first-order valence-electron chi connectivity index (χ1n) is 6.62. The van der Waals surface area contributed by atoms with Gasteiger partial charge in [0, 0.05) is 24.7 Å². The number of hydrogen-bond acceptors (Lipinski definition) is 3. The number of likely N-dealkylation sites (tertiary alicyclic amines) is 1. The van der Waals surface area contributed by atoms with E-state index >= 15 is 0 Å². The molecule has 5 heteroatoms. The Hall–Kier alpha value is -1.16. The predicted molar refractivity (Wildman–Crippen MR) is 74.9 cm³/mol. The molecule has 0 bridgehead atoms. The van der Waals surface area contributed by atoms with Gasteiger partial charge in [0.2, 0.25) is 5.91 Å². The van der Waals surface area contributed by atoms with Crippen molar-refractivity contribution in [3.8, 4) is 0 Å². The number of carbonyl (C=O) groups is 1. The van der Waals surface area contributed by atoms with E-state index in [0.29, 0.717) is 11.1 Å². The van der Waals surface area contributed by atoms with Crippen LogP contribution in [0, 0.1) is 11.3 Å². The lowest BCUT2D eigenvalue weighted by Gasteiger charge is -2.25. The van der Waals surface area contributed by atoms with Gasteiger partial charge in [-0.2, -0.15) is 0 Å². The van der Waals surface area contributed by atoms with Gasteiger partial charge in [0.25, 0.3) is 0 Å². The lowest BCUT2D eigenvalue weighted by molar-refractivity contribution is -0.138. The minimum Gasteiger partial charge on any atom is -0.342 e. The Labute approximate surface area is 119 Å². The van der Waals surface area contributed by atoms with E-state index in [1.54, 1.807) is 6.20 Å². The Morgan fingerprint density at radius 2 is 2.21 bits per heavy atom. The Morgan fingerprint density at radius 3 is 2.84 bits per heavy atom. The zero-order valence-corrected chi connectivity index (χ0v) is 12.4. The van der Waals surface area contributed by atoms with Gasteiger partial charge in [0.05, 0.1) is 11.9 Å². The molecule has 1 fully saturated rings. The molecule has 1 saturated heterocycles. The van der Waals surface area contributed by atoms with Crippen LogP contribution in [0.1, 0.15) is 32.9 Å². The fraction of sp³-hybridized carbons (Fsp3) is 0.643. The summed E-state index contributed by atoms with van der Waals surface area (Å²) in [5.41, 5.74) is 0.604. The molecule has 19 heavy (non-hydrogen) atoms. The summed E-state index contributed by atoms with van der Waals surface area (Å²) in [6, 6.07) is 0. The molecule has 0 N–H and O–H groups in total. The van der Waals surface area contributed by atoms with Crippen LogP contribution < -0.4 is 0 Å². The van der Waals surface area contributed by atoms with E-state index in [4.69, 9.17) is 11.6 Å². The number of hydrogen-bond donors (Lipinski definition) is 0. The van der Waals surface area contributed by atoms with Crippen LogP contribution in [0.3, 0.4) is 0 Å². The molecule has 1 aromatic rings. The van der Waals surface area contributed by atoms with Crippen molar-refractivity contribution in [2.24, 2.45) is 11.3 Å². The van der Waals surface area contributed by atoms with Gasteiger partial charge < -0.3 is 4.90 Å². The van der Waals surface area contributed by atoms with Gasteiger partial charge in [-0.3, -0.25) is 9.78 Å². The summed E-state index contributed by atoms with van der Waals surface area (Å²) in [4.78, 5) is 22.5. The molecule has 1 aliphatic rings. The third-order valence-corrected chi connectivity index (χ3v) is 3.55. The summed E-state index contributed by atoms with van der Waals surface area (Å²) in [6.07, 6.45) is 5.15. The van der Waals surface area contributed by atoms with Gasteiger partial charge >= 0.3 is 0 Å². The zero-order chi connectivity index (χ0) is 14.0. The normalized spacial score (nSPS) is 19.8. The van der Waals surface area contributed by atoms with Crippen molar-refractivity contribution in [2.45, 2.75) is 33.6 Å². The minimum atomic E-state index is -0.301. The lowest BCUT2D eigenvalue weighted by atomic mass is 9.95. The van der Waals surface area contributed by atoms with Gasteiger partial charge in [0.15, 0.2) is 0 Å². The molecule has 0 aromatic carbocycles. The molecular formula is C14H20ClN3O. The van der Waals surface area contributed by atoms with Crippen molar-refractivity contribution in [3.63, 3.8) is 0 Å². The molecule has 1 amide bonds. The van der Waals surface area contributed by atoms with Crippen molar-refractivity contribution in [1.82, 2.24) is 14.9 Å². The van der Waals surface area contributed by atoms with E-state index in [1.807, 2.05) is 25.7 Å². The summed E-state index contributed by atoms with van der Waals surface area (Å²) in [5.74, 6) is 0.686. The Kier molecular flexibility index (Phi) is 4.09. The van der Waals surface area contributed by atoms with Crippen LogP contribution in [0.25, 0.3) is 0 Å². The van der Waals surface area contributed by atoms with Gasteiger partial charge in [-0.05, 0) is 18.8 Å². The maximum absolute atomic E-state index is 12.2. The number of nitrogens with zero attached hydrogens (tertiary/aromatic N) is 3. The van der Waals surface area contributed by atoms with E-state index in [9.17, 15) is 4.79 Å². The van der Waals surface area contributed by atoms with Crippen LogP contribution in [-0.4, -0.2) is 33.9 Å². The molecule has 0 spiro atoms. The third-order valence-electron chi connectivity index (χ3n) is 3.37. The number of aromatic nitrogens is 2. The van der Waals surface area contributed by atoms with E-state index in [0.717, 1.165) is 31.6 Å². The van der Waals surface area contributed by atoms with E-state index in [1.165, 1.54) is 6.20 Å². The Bertz CT molecular complexity index is 470. The van der Waals surface area contributed by atoms with E-state index in [-0.39, 0.29) is 11.3 Å². The number of halogens is 1. The molecule has 1 aliphatic heterocycles. The average Bonchev–Trinajstić information content (AvgIpc) is 2.75. The van der Waals surface area contributed by atoms with Crippen LogP contribution in [0.5, 0.6) is 0 Å². The molecule has 0 aliphatic carbocycles. The largest absolute Gasteiger partial charge is 0.342 e. The number of amides is 1. The second kappa shape index (κ2) is 5.45. The SMILES string of the molecule is CC(C)(C)C(=O)N1CC[C@@H](Cc2cncc(Cl)n2)C1. The Balaban J connectivity index is 1.94. The minimum absolute atomic E-state index is 0.229. The van der Waals surface area contributed by atoms with Crippen LogP contribution in [-0.2, 0) is 11.2 Å². The molecule has 4 nitrogen and oxygen atoms in total. The predicted octanol–water partition coefficient (Wildman–Crippen LogP) is 2.57. The highest BCUT2D eigenvalue weighted by Crippen LogP contribution is 2.25. The van der Waals surface area contributed by atoms with Crippen LogP contribution in [0.15, 0.2) is 12.4 Å². The zero-order valence-electron chi connectivity index (χ0n) is 11.7. The average molecular weight is 282 g/mol. The van der Waals surface area contributed by atoms with Crippen LogP contribution in [0.4, 0.5) is 0 Å². The summed E-state index contributed by atoms with van der Waals surface area (Å²) < 4.78 is 0. The van der Waals surface area contributed by atoms with Gasteiger partial charge in [-0.1, -0.05) is 32.4 Å². The standard InChI is InChI=1S/C14H20ClN3O/c1-14(2,3)13(19)18-5-4-10(9-18)6-11-7-16-8-12(15)17-11/h7-8,10H,4-6,9H2,1-3H3/t10-/m0/s1. The maximum atomic E-state index is 12.2. The summed E-state index contributed by atoms with van der Waals surface area (Å²) in [7, 11) is 0. The quantitative estimate of drug-likeness (QED) is 0.837. The van der Waals surface area contributed by atoms with Crippen molar-refractivity contribution >= 4 is 17.5 Å². The highest BCUT2D eigenvalue weighted by atomic mass is 35.5. The van der Waals surface area contributed by atoms with Crippen LogP contribution in [0.2, 0.25) is 5.15 Å². The topological polar surface area (TPSA) is 46.1 Å². The number of rotatable bonds is 2. The Morgan fingerprint density at radius 1 is 1.47 bits per heavy atom. The van der Waals surface area contributed by atoms with Crippen molar-refractivity contribution in [3.05, 3.63) is 23.2 Å². The lowest BCUT2D eigenvalue weighted by Crippen LogP contribution is -2.38. The highest BCUT2D eigenvalue weighted by molar-refractivity contribution is 6.29. The first-order chi connectivity index (χ1) is 8.86. The van der Waals surface area contributed by atoms with E-state index < -0.39 is 0 Å². The fourth-order valence-corrected chi connectivity index (χ4v) is 2.60.